The van der Waals surface area contributed by atoms with E-state index in [-0.39, 0.29) is 0 Å². The fourth-order valence-corrected chi connectivity index (χ4v) is 2.33. The summed E-state index contributed by atoms with van der Waals surface area (Å²) in [6.45, 7) is 4.31. The molecule has 0 aliphatic heterocycles. The normalized spacial score (nSPS) is 10.6. The smallest absolute Gasteiger partial charge is 0.336 e. The van der Waals surface area contributed by atoms with Crippen molar-refractivity contribution in [1.82, 2.24) is 4.98 Å². The number of pyridine rings is 1. The molecule has 15 heavy (non-hydrogen) atoms. The second-order valence-electron chi connectivity index (χ2n) is 3.71. The first-order chi connectivity index (χ1) is 7.11. The molecule has 0 amide bonds. The van der Waals surface area contributed by atoms with E-state index in [0.717, 1.165) is 17.1 Å². The molecule has 0 unspecified atom stereocenters. The van der Waals surface area contributed by atoms with Crippen LogP contribution in [0.1, 0.15) is 30.6 Å². The third-order valence-electron chi connectivity index (χ3n) is 1.97. The summed E-state index contributed by atoms with van der Waals surface area (Å²) >= 11 is 1.56. The van der Waals surface area contributed by atoms with Crippen molar-refractivity contribution in [3.63, 3.8) is 0 Å². The number of thioether (sulfide) groups is 1. The first-order valence-corrected chi connectivity index (χ1v) is 5.90. The van der Waals surface area contributed by atoms with E-state index in [9.17, 15) is 4.79 Å². The average molecular weight is 225 g/mol. The quantitative estimate of drug-likeness (QED) is 0.783. The minimum absolute atomic E-state index is 0.346. The van der Waals surface area contributed by atoms with Crippen LogP contribution >= 0.6 is 11.8 Å². The van der Waals surface area contributed by atoms with Crippen LogP contribution in [0.3, 0.4) is 0 Å². The lowest BCUT2D eigenvalue weighted by Gasteiger charge is -2.06. The zero-order valence-corrected chi connectivity index (χ0v) is 9.75. The number of aromatic nitrogens is 1. The second-order valence-corrected chi connectivity index (χ2v) is 4.84. The molecule has 0 saturated carbocycles. The fourth-order valence-electron chi connectivity index (χ4n) is 1.08. The predicted molar refractivity (Wildman–Crippen MR) is 61.4 cm³/mol. The summed E-state index contributed by atoms with van der Waals surface area (Å²) in [6, 6.07) is 1.54. The zero-order chi connectivity index (χ0) is 11.3. The molecular formula is C11H15NO2S. The second kappa shape index (κ2) is 5.75. The van der Waals surface area contributed by atoms with Gasteiger partial charge in [0.1, 0.15) is 0 Å². The van der Waals surface area contributed by atoms with E-state index in [4.69, 9.17) is 5.11 Å². The zero-order valence-electron chi connectivity index (χ0n) is 8.93. The van der Waals surface area contributed by atoms with Gasteiger partial charge >= 0.3 is 5.97 Å². The minimum atomic E-state index is -0.885. The molecular weight excluding hydrogens is 210 g/mol. The van der Waals surface area contributed by atoms with Gasteiger partial charge in [0.2, 0.25) is 0 Å². The molecule has 0 bridgehead atoms. The Bertz CT molecular complexity index is 339. The van der Waals surface area contributed by atoms with Gasteiger partial charge in [-0.3, -0.25) is 4.98 Å². The van der Waals surface area contributed by atoms with Crippen LogP contribution in [-0.2, 0) is 0 Å². The van der Waals surface area contributed by atoms with Crippen LogP contribution in [0.15, 0.2) is 23.4 Å². The molecule has 0 saturated heterocycles. The third kappa shape index (κ3) is 3.91. The number of nitrogens with zero attached hydrogens (tertiary/aromatic N) is 1. The topological polar surface area (TPSA) is 50.2 Å². The Hall–Kier alpha value is -1.03. The van der Waals surface area contributed by atoms with Gasteiger partial charge in [-0.2, -0.15) is 0 Å². The number of hydrogen-bond donors (Lipinski definition) is 1. The van der Waals surface area contributed by atoms with Crippen molar-refractivity contribution in [1.29, 1.82) is 0 Å². The number of carboxylic acid groups (broad SMARTS) is 1. The van der Waals surface area contributed by atoms with Gasteiger partial charge in [0, 0.05) is 17.3 Å². The number of rotatable bonds is 5. The number of hydrogen-bond acceptors (Lipinski definition) is 3. The lowest BCUT2D eigenvalue weighted by atomic mass is 10.2. The predicted octanol–water partition coefficient (Wildman–Crippen LogP) is 2.92. The van der Waals surface area contributed by atoms with Crippen LogP contribution < -0.4 is 0 Å². The van der Waals surface area contributed by atoms with Crippen molar-refractivity contribution < 1.29 is 9.90 Å². The molecule has 82 valence electrons. The Morgan fingerprint density at radius 2 is 2.33 bits per heavy atom. The molecule has 0 aliphatic rings. The molecule has 0 radical (unpaired) electrons. The molecule has 0 fully saturated rings. The highest BCUT2D eigenvalue weighted by atomic mass is 32.2. The van der Waals surface area contributed by atoms with Crippen LogP contribution in [0.4, 0.5) is 0 Å². The average Bonchev–Trinajstić information content (AvgIpc) is 2.17. The first-order valence-electron chi connectivity index (χ1n) is 4.91. The molecule has 0 aromatic carbocycles. The first kappa shape index (κ1) is 12.0. The largest absolute Gasteiger partial charge is 0.478 e. The van der Waals surface area contributed by atoms with Gasteiger partial charge in [-0.15, -0.1) is 11.8 Å². The van der Waals surface area contributed by atoms with Crippen LogP contribution in [0.5, 0.6) is 0 Å². The Morgan fingerprint density at radius 3 is 2.93 bits per heavy atom. The molecule has 1 aromatic heterocycles. The maximum absolute atomic E-state index is 10.9. The Balaban J connectivity index is 2.63. The molecule has 3 nitrogen and oxygen atoms in total. The van der Waals surface area contributed by atoms with Crippen LogP contribution in [0.2, 0.25) is 0 Å². The summed E-state index contributed by atoms with van der Waals surface area (Å²) in [5.74, 6) is 0.691. The molecule has 0 spiro atoms. The molecule has 1 heterocycles. The highest BCUT2D eigenvalue weighted by molar-refractivity contribution is 7.99. The van der Waals surface area contributed by atoms with E-state index in [0.29, 0.717) is 11.5 Å². The summed E-state index contributed by atoms with van der Waals surface area (Å²) in [6.07, 6.45) is 4.21. The van der Waals surface area contributed by atoms with Gasteiger partial charge in [-0.1, -0.05) is 13.8 Å². The minimum Gasteiger partial charge on any atom is -0.478 e. The Labute approximate surface area is 93.9 Å². The fraction of sp³-hybridized carbons (Fsp3) is 0.455. The Morgan fingerprint density at radius 1 is 1.60 bits per heavy atom. The lowest BCUT2D eigenvalue weighted by molar-refractivity contribution is 0.0693. The van der Waals surface area contributed by atoms with Crippen molar-refractivity contribution in [2.24, 2.45) is 5.92 Å². The highest BCUT2D eigenvalue weighted by Crippen LogP contribution is 2.23. The standard InChI is InChI=1S/C11H15NO2S/c1-8(2)4-6-15-10-7-12-5-3-9(10)11(13)14/h3,5,7-8H,4,6H2,1-2H3,(H,13,14). The molecule has 1 rings (SSSR count). The van der Waals surface area contributed by atoms with E-state index in [2.05, 4.69) is 18.8 Å². The van der Waals surface area contributed by atoms with Gasteiger partial charge in [0.05, 0.1) is 5.56 Å². The molecule has 1 N–H and O–H groups in total. The van der Waals surface area contributed by atoms with E-state index < -0.39 is 5.97 Å². The van der Waals surface area contributed by atoms with Crippen LogP contribution in [0, 0.1) is 5.92 Å². The lowest BCUT2D eigenvalue weighted by Crippen LogP contribution is -2.00. The van der Waals surface area contributed by atoms with Gasteiger partial charge in [-0.25, -0.2) is 4.79 Å². The highest BCUT2D eigenvalue weighted by Gasteiger charge is 2.09. The van der Waals surface area contributed by atoms with Crippen molar-refractivity contribution in [2.75, 3.05) is 5.75 Å². The van der Waals surface area contributed by atoms with Crippen molar-refractivity contribution in [3.05, 3.63) is 24.0 Å². The van der Waals surface area contributed by atoms with E-state index in [1.54, 1.807) is 24.0 Å². The summed E-state index contributed by atoms with van der Waals surface area (Å²) in [4.78, 5) is 15.6. The Kier molecular flexibility index (Phi) is 4.62. The molecule has 0 atom stereocenters. The van der Waals surface area contributed by atoms with Gasteiger partial charge < -0.3 is 5.11 Å². The third-order valence-corrected chi connectivity index (χ3v) is 3.04. The SMILES string of the molecule is CC(C)CCSc1cnccc1C(=O)O. The van der Waals surface area contributed by atoms with Crippen LogP contribution in [0.25, 0.3) is 0 Å². The van der Waals surface area contributed by atoms with E-state index in [1.165, 1.54) is 6.20 Å². The maximum Gasteiger partial charge on any atom is 0.336 e. The van der Waals surface area contributed by atoms with E-state index >= 15 is 0 Å². The molecule has 0 aliphatic carbocycles. The monoisotopic (exact) mass is 225 g/mol. The summed E-state index contributed by atoms with van der Waals surface area (Å²) in [5, 5.41) is 8.93. The van der Waals surface area contributed by atoms with Crippen LogP contribution in [-0.4, -0.2) is 21.8 Å². The number of aromatic carboxylic acids is 1. The number of carbonyl (C=O) groups is 1. The maximum atomic E-state index is 10.9. The van der Waals surface area contributed by atoms with Crippen molar-refractivity contribution in [3.8, 4) is 0 Å². The summed E-state index contributed by atoms with van der Waals surface area (Å²) < 4.78 is 0. The molecule has 4 heteroatoms. The van der Waals surface area contributed by atoms with E-state index in [1.807, 2.05) is 0 Å². The van der Waals surface area contributed by atoms with Gasteiger partial charge in [-0.05, 0) is 24.2 Å². The van der Waals surface area contributed by atoms with Gasteiger partial charge in [0.15, 0.2) is 0 Å². The van der Waals surface area contributed by atoms with Crippen molar-refractivity contribution in [2.45, 2.75) is 25.2 Å². The van der Waals surface area contributed by atoms with Gasteiger partial charge in [0.25, 0.3) is 0 Å². The summed E-state index contributed by atoms with van der Waals surface area (Å²) in [7, 11) is 0. The molecule has 1 aromatic rings. The van der Waals surface area contributed by atoms with Crippen molar-refractivity contribution >= 4 is 17.7 Å². The number of carboxylic acids is 1. The summed E-state index contributed by atoms with van der Waals surface area (Å²) in [5.41, 5.74) is 0.346.